The van der Waals surface area contributed by atoms with Gasteiger partial charge in [0.2, 0.25) is 0 Å². The topological polar surface area (TPSA) is 107 Å². The number of amides is 1. The summed E-state index contributed by atoms with van der Waals surface area (Å²) in [4.78, 5) is 30.9. The minimum atomic E-state index is -4.51. The third-order valence-electron chi connectivity index (χ3n) is 5.38. The molecule has 0 spiro atoms. The Balaban J connectivity index is 1.49. The summed E-state index contributed by atoms with van der Waals surface area (Å²) in [5.41, 5.74) is -0.813. The quantitative estimate of drug-likeness (QED) is 0.411. The van der Waals surface area contributed by atoms with Gasteiger partial charge < -0.3 is 14.5 Å². The third-order valence-corrected chi connectivity index (χ3v) is 5.38. The molecule has 4 rings (SSSR count). The van der Waals surface area contributed by atoms with Crippen molar-refractivity contribution in [2.45, 2.75) is 6.18 Å². The van der Waals surface area contributed by atoms with E-state index in [1.165, 1.54) is 42.4 Å². The fourth-order valence-electron chi connectivity index (χ4n) is 3.57. The lowest BCUT2D eigenvalue weighted by Gasteiger charge is -2.35. The number of rotatable bonds is 5. The SMILES string of the molecule is COc1cn(-c2cccc(C(F)(F)F)c2)nc1C(=O)N1CCN(c2ccc([N+](=O)[O-])cn2)CC1. The van der Waals surface area contributed by atoms with Gasteiger partial charge >= 0.3 is 6.18 Å². The van der Waals surface area contributed by atoms with Gasteiger partial charge in [-0.05, 0) is 24.3 Å². The molecule has 0 bridgehead atoms. The van der Waals surface area contributed by atoms with Gasteiger partial charge in [0.1, 0.15) is 12.0 Å². The molecule has 0 atom stereocenters. The van der Waals surface area contributed by atoms with Crippen molar-refractivity contribution in [2.75, 3.05) is 38.2 Å². The molecule has 34 heavy (non-hydrogen) atoms. The highest BCUT2D eigenvalue weighted by molar-refractivity contribution is 5.95. The normalized spacial score (nSPS) is 14.2. The Hall–Kier alpha value is -4.16. The van der Waals surface area contributed by atoms with E-state index in [1.54, 1.807) is 11.0 Å². The number of nitro groups is 1. The fourth-order valence-corrected chi connectivity index (χ4v) is 3.57. The number of nitrogens with zero attached hydrogens (tertiary/aromatic N) is 6. The largest absolute Gasteiger partial charge is 0.493 e. The van der Waals surface area contributed by atoms with Crippen molar-refractivity contribution in [2.24, 2.45) is 0 Å². The van der Waals surface area contributed by atoms with Crippen LogP contribution in [0.25, 0.3) is 5.69 Å². The van der Waals surface area contributed by atoms with Crippen molar-refractivity contribution < 1.29 is 27.6 Å². The van der Waals surface area contributed by atoms with Crippen molar-refractivity contribution >= 4 is 17.4 Å². The Morgan fingerprint density at radius 2 is 1.88 bits per heavy atom. The first-order chi connectivity index (χ1) is 16.2. The Morgan fingerprint density at radius 3 is 2.47 bits per heavy atom. The molecule has 1 fully saturated rings. The highest BCUT2D eigenvalue weighted by Gasteiger charge is 2.31. The van der Waals surface area contributed by atoms with Gasteiger partial charge in [-0.15, -0.1) is 0 Å². The van der Waals surface area contributed by atoms with Crippen LogP contribution in [0.15, 0.2) is 48.8 Å². The van der Waals surface area contributed by atoms with E-state index in [9.17, 15) is 28.1 Å². The molecule has 13 heteroatoms. The summed E-state index contributed by atoms with van der Waals surface area (Å²) in [6.07, 6.45) is -1.97. The molecule has 178 valence electrons. The maximum Gasteiger partial charge on any atom is 0.416 e. The average molecular weight is 476 g/mol. The van der Waals surface area contributed by atoms with Crippen LogP contribution in [0.3, 0.4) is 0 Å². The number of benzene rings is 1. The molecule has 10 nitrogen and oxygen atoms in total. The van der Waals surface area contributed by atoms with Crippen LogP contribution in [0.2, 0.25) is 0 Å². The van der Waals surface area contributed by atoms with Crippen LogP contribution in [0.4, 0.5) is 24.7 Å². The average Bonchev–Trinajstić information content (AvgIpc) is 3.28. The molecule has 2 aromatic heterocycles. The highest BCUT2D eigenvalue weighted by Crippen LogP contribution is 2.31. The zero-order chi connectivity index (χ0) is 24.5. The van der Waals surface area contributed by atoms with Crippen molar-refractivity contribution in [3.05, 3.63) is 70.2 Å². The minimum Gasteiger partial charge on any atom is -0.493 e. The number of halogens is 3. The first kappa shape index (κ1) is 23.0. The Morgan fingerprint density at radius 1 is 1.15 bits per heavy atom. The Bertz CT molecular complexity index is 1200. The summed E-state index contributed by atoms with van der Waals surface area (Å²) in [5.74, 6) is 0.282. The number of hydrogen-bond acceptors (Lipinski definition) is 7. The van der Waals surface area contributed by atoms with Gasteiger partial charge in [0.05, 0.1) is 29.5 Å². The summed E-state index contributed by atoms with van der Waals surface area (Å²) in [7, 11) is 1.35. The second-order valence-electron chi connectivity index (χ2n) is 7.45. The van der Waals surface area contributed by atoms with E-state index in [4.69, 9.17) is 4.74 Å². The number of hydrogen-bond donors (Lipinski definition) is 0. The van der Waals surface area contributed by atoms with Crippen molar-refractivity contribution in [3.63, 3.8) is 0 Å². The molecule has 0 unspecified atom stereocenters. The zero-order valence-corrected chi connectivity index (χ0v) is 17.9. The van der Waals surface area contributed by atoms with Crippen molar-refractivity contribution in [1.29, 1.82) is 0 Å². The second kappa shape index (κ2) is 9.00. The number of alkyl halides is 3. The van der Waals surface area contributed by atoms with Gasteiger partial charge in [-0.1, -0.05) is 6.07 Å². The van der Waals surface area contributed by atoms with E-state index in [-0.39, 0.29) is 22.8 Å². The molecule has 1 saturated heterocycles. The lowest BCUT2D eigenvalue weighted by atomic mass is 10.2. The van der Waals surface area contributed by atoms with Crippen LogP contribution in [-0.4, -0.2) is 63.8 Å². The standard InChI is InChI=1S/C21H19F3N6O4/c1-34-17-13-29(15-4-2-3-14(11-15)21(22,23)24)26-19(17)20(31)28-9-7-27(8-10-28)18-6-5-16(12-25-18)30(32)33/h2-6,11-13H,7-10H2,1H3. The first-order valence-electron chi connectivity index (χ1n) is 10.1. The van der Waals surface area contributed by atoms with Crippen LogP contribution < -0.4 is 9.64 Å². The van der Waals surface area contributed by atoms with E-state index in [0.717, 1.165) is 12.1 Å². The molecular formula is C21H19F3N6O4. The fraction of sp³-hybridized carbons (Fsp3) is 0.286. The van der Waals surface area contributed by atoms with E-state index in [2.05, 4.69) is 10.1 Å². The van der Waals surface area contributed by atoms with Crippen LogP contribution in [-0.2, 0) is 6.18 Å². The molecule has 1 amide bonds. The maximum absolute atomic E-state index is 13.1. The number of aromatic nitrogens is 3. The highest BCUT2D eigenvalue weighted by atomic mass is 19.4. The lowest BCUT2D eigenvalue weighted by Crippen LogP contribution is -2.49. The molecule has 3 aromatic rings. The van der Waals surface area contributed by atoms with Crippen LogP contribution in [0, 0.1) is 10.1 Å². The van der Waals surface area contributed by atoms with Gasteiger partial charge in [-0.25, -0.2) is 9.67 Å². The van der Waals surface area contributed by atoms with Gasteiger partial charge in [0.15, 0.2) is 11.4 Å². The zero-order valence-electron chi connectivity index (χ0n) is 17.9. The van der Waals surface area contributed by atoms with E-state index in [1.807, 2.05) is 4.90 Å². The van der Waals surface area contributed by atoms with Gasteiger partial charge in [-0.3, -0.25) is 14.9 Å². The van der Waals surface area contributed by atoms with Crippen molar-refractivity contribution in [1.82, 2.24) is 19.7 Å². The number of anilines is 1. The monoisotopic (exact) mass is 476 g/mol. The van der Waals surface area contributed by atoms with Gasteiger partial charge in [0, 0.05) is 32.2 Å². The van der Waals surface area contributed by atoms with Gasteiger partial charge in [-0.2, -0.15) is 18.3 Å². The molecule has 1 aliphatic rings. The van der Waals surface area contributed by atoms with E-state index >= 15 is 0 Å². The van der Waals surface area contributed by atoms with Crippen LogP contribution in [0.5, 0.6) is 5.75 Å². The lowest BCUT2D eigenvalue weighted by molar-refractivity contribution is -0.385. The number of methoxy groups -OCH3 is 1. The van der Waals surface area contributed by atoms with Gasteiger partial charge in [0.25, 0.3) is 11.6 Å². The molecule has 0 aliphatic carbocycles. The number of piperazine rings is 1. The van der Waals surface area contributed by atoms with Crippen LogP contribution in [0.1, 0.15) is 16.1 Å². The maximum atomic E-state index is 13.1. The molecular weight excluding hydrogens is 457 g/mol. The van der Waals surface area contributed by atoms with Crippen LogP contribution >= 0.6 is 0 Å². The second-order valence-corrected chi connectivity index (χ2v) is 7.45. The summed E-state index contributed by atoms with van der Waals surface area (Å²) in [6.45, 7) is 1.54. The molecule has 1 aliphatic heterocycles. The number of ether oxygens (including phenoxy) is 1. The molecule has 0 radical (unpaired) electrons. The Kier molecular flexibility index (Phi) is 6.09. The summed E-state index contributed by atoms with van der Waals surface area (Å²) in [6, 6.07) is 7.53. The molecule has 1 aromatic carbocycles. The smallest absolute Gasteiger partial charge is 0.416 e. The predicted molar refractivity (Wildman–Crippen MR) is 114 cm³/mol. The number of carbonyl (C=O) groups excluding carboxylic acids is 1. The Labute approximate surface area is 191 Å². The first-order valence-corrected chi connectivity index (χ1v) is 10.1. The molecule has 0 N–H and O–H groups in total. The van der Waals surface area contributed by atoms with Crippen molar-refractivity contribution in [3.8, 4) is 11.4 Å². The molecule has 0 saturated carbocycles. The van der Waals surface area contributed by atoms with E-state index < -0.39 is 22.6 Å². The summed E-state index contributed by atoms with van der Waals surface area (Å²) >= 11 is 0. The predicted octanol–water partition coefficient (Wildman–Crippen LogP) is 3.17. The minimum absolute atomic E-state index is 0.0122. The number of pyridine rings is 1. The number of carbonyl (C=O) groups is 1. The molecule has 3 heterocycles. The third kappa shape index (κ3) is 4.63. The van der Waals surface area contributed by atoms with E-state index in [0.29, 0.717) is 32.0 Å². The summed E-state index contributed by atoms with van der Waals surface area (Å²) < 4.78 is 45.6. The summed E-state index contributed by atoms with van der Waals surface area (Å²) in [5, 5.41) is 15.0.